The van der Waals surface area contributed by atoms with Gasteiger partial charge in [0.2, 0.25) is 5.65 Å². The molecule has 21 heavy (non-hydrogen) atoms. The second-order valence-electron chi connectivity index (χ2n) is 5.18. The molecule has 0 aliphatic carbocycles. The summed E-state index contributed by atoms with van der Waals surface area (Å²) in [5.74, 6) is 0.833. The molecule has 1 fully saturated rings. The zero-order valence-electron chi connectivity index (χ0n) is 11.5. The SMILES string of the molecule is Cc1cc(Cl)cc2c1nc(N1CCNCC1)c1nnnn12. The lowest BCUT2D eigenvalue weighted by Gasteiger charge is -2.28. The molecule has 1 aliphatic heterocycles. The molecule has 0 spiro atoms. The number of hydrogen-bond acceptors (Lipinski definition) is 6. The Hall–Kier alpha value is -1.99. The van der Waals surface area contributed by atoms with Crippen molar-refractivity contribution < 1.29 is 0 Å². The highest BCUT2D eigenvalue weighted by atomic mass is 35.5. The van der Waals surface area contributed by atoms with Gasteiger partial charge in [-0.05, 0) is 35.0 Å². The van der Waals surface area contributed by atoms with Crippen molar-refractivity contribution in [3.63, 3.8) is 0 Å². The minimum Gasteiger partial charge on any atom is -0.351 e. The molecule has 0 amide bonds. The van der Waals surface area contributed by atoms with Crippen LogP contribution >= 0.6 is 11.6 Å². The van der Waals surface area contributed by atoms with Crippen molar-refractivity contribution in [1.82, 2.24) is 30.3 Å². The third kappa shape index (κ3) is 2.00. The Morgan fingerprint density at radius 1 is 1.24 bits per heavy atom. The van der Waals surface area contributed by atoms with Gasteiger partial charge >= 0.3 is 0 Å². The number of benzene rings is 1. The summed E-state index contributed by atoms with van der Waals surface area (Å²) in [6.45, 7) is 5.67. The lowest BCUT2D eigenvalue weighted by molar-refractivity contribution is 0.585. The monoisotopic (exact) mass is 303 g/mol. The molecule has 0 saturated carbocycles. The first-order valence-electron chi connectivity index (χ1n) is 6.87. The molecule has 1 aliphatic rings. The molecule has 108 valence electrons. The summed E-state index contributed by atoms with van der Waals surface area (Å²) >= 11 is 6.15. The average molecular weight is 304 g/mol. The minimum absolute atomic E-state index is 0.661. The molecule has 1 aromatic carbocycles. The standard InChI is InChI=1S/C13H14ClN7/c1-8-6-9(14)7-10-11(8)16-12(13-17-18-19-21(10)13)20-4-2-15-3-5-20/h6-7,15H,2-5H2,1H3. The Bertz CT molecular complexity index is 822. The predicted molar refractivity (Wildman–Crippen MR) is 80.9 cm³/mol. The van der Waals surface area contributed by atoms with E-state index in [4.69, 9.17) is 16.6 Å². The second-order valence-corrected chi connectivity index (χ2v) is 5.61. The largest absolute Gasteiger partial charge is 0.351 e. The second kappa shape index (κ2) is 4.78. The number of nitrogens with zero attached hydrogens (tertiary/aromatic N) is 6. The van der Waals surface area contributed by atoms with Gasteiger partial charge in [-0.3, -0.25) is 0 Å². The molecule has 0 unspecified atom stereocenters. The first-order chi connectivity index (χ1) is 10.2. The van der Waals surface area contributed by atoms with E-state index < -0.39 is 0 Å². The molecule has 1 N–H and O–H groups in total. The molecule has 0 atom stereocenters. The molecule has 8 heteroatoms. The smallest absolute Gasteiger partial charge is 0.222 e. The zero-order chi connectivity index (χ0) is 14.4. The Morgan fingerprint density at radius 3 is 2.86 bits per heavy atom. The first kappa shape index (κ1) is 12.7. The number of halogens is 1. The number of nitrogens with one attached hydrogen (secondary N) is 1. The van der Waals surface area contributed by atoms with E-state index in [2.05, 4.69) is 25.7 Å². The fourth-order valence-corrected chi connectivity index (χ4v) is 3.03. The predicted octanol–water partition coefficient (Wildman–Crippen LogP) is 1.04. The van der Waals surface area contributed by atoms with Crippen molar-refractivity contribution in [2.24, 2.45) is 0 Å². The van der Waals surface area contributed by atoms with E-state index in [1.807, 2.05) is 19.1 Å². The van der Waals surface area contributed by atoms with Gasteiger partial charge in [-0.15, -0.1) is 5.10 Å². The number of aryl methyl sites for hydroxylation is 1. The summed E-state index contributed by atoms with van der Waals surface area (Å²) in [5, 5.41) is 16.0. The van der Waals surface area contributed by atoms with E-state index >= 15 is 0 Å². The van der Waals surface area contributed by atoms with E-state index in [0.29, 0.717) is 10.7 Å². The van der Waals surface area contributed by atoms with Crippen LogP contribution in [-0.4, -0.2) is 51.2 Å². The van der Waals surface area contributed by atoms with Crippen LogP contribution in [0.2, 0.25) is 5.02 Å². The maximum absolute atomic E-state index is 6.15. The molecule has 2 aromatic heterocycles. The highest BCUT2D eigenvalue weighted by molar-refractivity contribution is 6.31. The van der Waals surface area contributed by atoms with Crippen LogP contribution in [0, 0.1) is 6.92 Å². The van der Waals surface area contributed by atoms with E-state index in [1.165, 1.54) is 0 Å². The topological polar surface area (TPSA) is 71.2 Å². The number of tetrazole rings is 1. The molecule has 0 bridgehead atoms. The third-order valence-corrected chi connectivity index (χ3v) is 4.00. The van der Waals surface area contributed by atoms with Crippen molar-refractivity contribution in [3.05, 3.63) is 22.7 Å². The highest BCUT2D eigenvalue weighted by Gasteiger charge is 2.20. The average Bonchev–Trinajstić information content (AvgIpc) is 2.97. The number of fused-ring (bicyclic) bond motifs is 3. The Balaban J connectivity index is 2.03. The number of hydrogen-bond donors (Lipinski definition) is 1. The van der Waals surface area contributed by atoms with Gasteiger partial charge in [0.1, 0.15) is 0 Å². The lowest BCUT2D eigenvalue weighted by atomic mass is 10.2. The Kier molecular flexibility index (Phi) is 2.90. The minimum atomic E-state index is 0.661. The number of aromatic nitrogens is 5. The van der Waals surface area contributed by atoms with E-state index in [-0.39, 0.29) is 0 Å². The molecule has 4 rings (SSSR count). The van der Waals surface area contributed by atoms with Crippen molar-refractivity contribution in [2.75, 3.05) is 31.1 Å². The van der Waals surface area contributed by atoms with Crippen LogP contribution in [0.4, 0.5) is 5.82 Å². The molecular weight excluding hydrogens is 290 g/mol. The van der Waals surface area contributed by atoms with Gasteiger partial charge in [0.05, 0.1) is 11.0 Å². The lowest BCUT2D eigenvalue weighted by Crippen LogP contribution is -2.44. The summed E-state index contributed by atoms with van der Waals surface area (Å²) in [6, 6.07) is 3.76. The quantitative estimate of drug-likeness (QED) is 0.724. The molecule has 3 aromatic rings. The van der Waals surface area contributed by atoms with Gasteiger partial charge in [0.15, 0.2) is 5.82 Å². The fraction of sp³-hybridized carbons (Fsp3) is 0.385. The van der Waals surface area contributed by atoms with Crippen LogP contribution in [0.25, 0.3) is 16.7 Å². The first-order valence-corrected chi connectivity index (χ1v) is 7.25. The van der Waals surface area contributed by atoms with Crippen LogP contribution in [0.1, 0.15) is 5.56 Å². The van der Waals surface area contributed by atoms with Gasteiger partial charge < -0.3 is 10.2 Å². The number of rotatable bonds is 1. The van der Waals surface area contributed by atoms with Crippen LogP contribution < -0.4 is 10.2 Å². The summed E-state index contributed by atoms with van der Waals surface area (Å²) in [7, 11) is 0. The van der Waals surface area contributed by atoms with Crippen LogP contribution in [0.3, 0.4) is 0 Å². The molecule has 3 heterocycles. The van der Waals surface area contributed by atoms with Gasteiger partial charge in [0, 0.05) is 31.2 Å². The van der Waals surface area contributed by atoms with E-state index in [9.17, 15) is 0 Å². The zero-order valence-corrected chi connectivity index (χ0v) is 12.3. The summed E-state index contributed by atoms with van der Waals surface area (Å²) in [4.78, 5) is 7.03. The van der Waals surface area contributed by atoms with E-state index in [0.717, 1.165) is 48.6 Å². The molecular formula is C13H14ClN7. The van der Waals surface area contributed by atoms with Crippen LogP contribution in [-0.2, 0) is 0 Å². The normalized spacial score (nSPS) is 16.0. The van der Waals surface area contributed by atoms with Crippen molar-refractivity contribution in [3.8, 4) is 0 Å². The van der Waals surface area contributed by atoms with Gasteiger partial charge in [-0.2, -0.15) is 4.52 Å². The Morgan fingerprint density at radius 2 is 2.05 bits per heavy atom. The van der Waals surface area contributed by atoms with Crippen molar-refractivity contribution >= 4 is 34.1 Å². The third-order valence-electron chi connectivity index (χ3n) is 3.78. The van der Waals surface area contributed by atoms with Crippen LogP contribution in [0.5, 0.6) is 0 Å². The molecule has 0 radical (unpaired) electrons. The van der Waals surface area contributed by atoms with Crippen molar-refractivity contribution in [2.45, 2.75) is 6.92 Å². The summed E-state index contributed by atoms with van der Waals surface area (Å²) < 4.78 is 1.72. The summed E-state index contributed by atoms with van der Waals surface area (Å²) in [5.41, 5.74) is 3.41. The maximum Gasteiger partial charge on any atom is 0.222 e. The molecule has 1 saturated heterocycles. The van der Waals surface area contributed by atoms with Gasteiger partial charge in [0.25, 0.3) is 0 Å². The fourth-order valence-electron chi connectivity index (χ4n) is 2.76. The van der Waals surface area contributed by atoms with Gasteiger partial charge in [-0.25, -0.2) is 4.98 Å². The van der Waals surface area contributed by atoms with Gasteiger partial charge in [-0.1, -0.05) is 11.6 Å². The molecule has 7 nitrogen and oxygen atoms in total. The van der Waals surface area contributed by atoms with E-state index in [1.54, 1.807) is 4.52 Å². The highest BCUT2D eigenvalue weighted by Crippen LogP contribution is 2.27. The van der Waals surface area contributed by atoms with Crippen LogP contribution in [0.15, 0.2) is 12.1 Å². The van der Waals surface area contributed by atoms with Crippen molar-refractivity contribution in [1.29, 1.82) is 0 Å². The Labute approximate surface area is 125 Å². The maximum atomic E-state index is 6.15. The number of anilines is 1. The summed E-state index contributed by atoms with van der Waals surface area (Å²) in [6.07, 6.45) is 0. The number of piperazine rings is 1.